The zero-order valence-corrected chi connectivity index (χ0v) is 13.2. The van der Waals surface area contributed by atoms with Crippen LogP contribution in [0, 0.1) is 5.82 Å². The Balaban J connectivity index is 1.70. The van der Waals surface area contributed by atoms with E-state index >= 15 is 0 Å². The lowest BCUT2D eigenvalue weighted by atomic mass is 10.1. The molecule has 1 aromatic carbocycles. The van der Waals surface area contributed by atoms with Crippen molar-refractivity contribution in [2.75, 3.05) is 13.2 Å². The van der Waals surface area contributed by atoms with E-state index in [9.17, 15) is 23.6 Å². The van der Waals surface area contributed by atoms with Gasteiger partial charge in [0.25, 0.3) is 11.5 Å². The molecule has 0 saturated carbocycles. The molecule has 25 heavy (non-hydrogen) atoms. The van der Waals surface area contributed by atoms with E-state index in [0.29, 0.717) is 13.0 Å². The van der Waals surface area contributed by atoms with Crippen LogP contribution in [0.3, 0.4) is 0 Å². The number of aromatic amines is 1. The Morgan fingerprint density at radius 1 is 1.16 bits per heavy atom. The van der Waals surface area contributed by atoms with Crippen LogP contribution in [-0.2, 0) is 27.3 Å². The third-order valence-electron chi connectivity index (χ3n) is 3.21. The number of aromatic nitrogens is 2. The summed E-state index contributed by atoms with van der Waals surface area (Å²) in [7, 11) is 0. The van der Waals surface area contributed by atoms with Crippen LogP contribution in [0.4, 0.5) is 4.39 Å². The van der Waals surface area contributed by atoms with E-state index in [2.05, 4.69) is 5.32 Å². The first kappa shape index (κ1) is 18.1. The third-order valence-corrected chi connectivity index (χ3v) is 3.21. The summed E-state index contributed by atoms with van der Waals surface area (Å²) < 4.78 is 18.5. The number of esters is 1. The largest absolute Gasteiger partial charge is 0.454 e. The quantitative estimate of drug-likeness (QED) is 0.660. The lowest BCUT2D eigenvalue weighted by Crippen LogP contribution is -2.34. The van der Waals surface area contributed by atoms with Crippen LogP contribution in [0.25, 0.3) is 0 Å². The second-order valence-electron chi connectivity index (χ2n) is 5.13. The Morgan fingerprint density at radius 3 is 2.56 bits per heavy atom. The molecule has 0 fully saturated rings. The number of rotatable bonds is 7. The topological polar surface area (TPSA) is 110 Å². The number of amides is 1. The van der Waals surface area contributed by atoms with Crippen molar-refractivity contribution in [3.63, 3.8) is 0 Å². The summed E-state index contributed by atoms with van der Waals surface area (Å²) in [6.07, 6.45) is 1.66. The Labute approximate surface area is 141 Å². The average Bonchev–Trinajstić information content (AvgIpc) is 2.57. The molecule has 0 aliphatic heterocycles. The Hall–Kier alpha value is -3.23. The van der Waals surface area contributed by atoms with Crippen molar-refractivity contribution in [3.05, 3.63) is 68.7 Å². The standard InChI is InChI=1S/C16H16FN3O5/c17-12-3-1-11(2-4-12)5-7-18-14(22)10-25-15(23)9-20-8-6-13(21)19-16(20)24/h1-4,6,8H,5,7,9-10H2,(H,18,22)(H,19,21,24). The summed E-state index contributed by atoms with van der Waals surface area (Å²) in [6, 6.07) is 6.99. The van der Waals surface area contributed by atoms with Gasteiger partial charge in [0.15, 0.2) is 6.61 Å². The zero-order chi connectivity index (χ0) is 18.2. The van der Waals surface area contributed by atoms with Crippen LogP contribution >= 0.6 is 0 Å². The van der Waals surface area contributed by atoms with Gasteiger partial charge in [-0.2, -0.15) is 0 Å². The minimum absolute atomic E-state index is 0.307. The summed E-state index contributed by atoms with van der Waals surface area (Å²) in [5, 5.41) is 2.56. The molecule has 2 rings (SSSR count). The predicted octanol–water partition coefficient (Wildman–Crippen LogP) is -0.422. The van der Waals surface area contributed by atoms with Gasteiger partial charge >= 0.3 is 11.7 Å². The number of carbonyl (C=O) groups is 2. The molecule has 0 unspecified atom stereocenters. The molecule has 1 amide bonds. The van der Waals surface area contributed by atoms with Crippen molar-refractivity contribution >= 4 is 11.9 Å². The lowest BCUT2D eigenvalue weighted by molar-refractivity contribution is -0.149. The molecule has 0 aliphatic carbocycles. The van der Waals surface area contributed by atoms with E-state index in [4.69, 9.17) is 4.74 Å². The van der Waals surface area contributed by atoms with Crippen molar-refractivity contribution in [1.82, 2.24) is 14.9 Å². The van der Waals surface area contributed by atoms with Gasteiger partial charge in [-0.1, -0.05) is 12.1 Å². The minimum Gasteiger partial charge on any atom is -0.454 e. The lowest BCUT2D eigenvalue weighted by Gasteiger charge is -2.07. The summed E-state index contributed by atoms with van der Waals surface area (Å²) >= 11 is 0. The molecule has 0 spiro atoms. The van der Waals surface area contributed by atoms with E-state index in [0.717, 1.165) is 22.4 Å². The third kappa shape index (κ3) is 6.05. The maximum Gasteiger partial charge on any atom is 0.328 e. The van der Waals surface area contributed by atoms with Crippen molar-refractivity contribution in [3.8, 4) is 0 Å². The SMILES string of the molecule is O=C(COC(=O)Cn1ccc(=O)[nH]c1=O)NCCc1ccc(F)cc1. The average molecular weight is 349 g/mol. The number of ether oxygens (including phenoxy) is 1. The number of halogens is 1. The van der Waals surface area contributed by atoms with Gasteiger partial charge in [-0.3, -0.25) is 23.9 Å². The van der Waals surface area contributed by atoms with Crippen LogP contribution in [0.1, 0.15) is 5.56 Å². The molecule has 9 heteroatoms. The molecule has 0 radical (unpaired) electrons. The Bertz CT molecular complexity index is 857. The van der Waals surface area contributed by atoms with E-state index in [1.165, 1.54) is 12.1 Å². The highest BCUT2D eigenvalue weighted by molar-refractivity contribution is 5.80. The molecule has 2 N–H and O–H groups in total. The fourth-order valence-corrected chi connectivity index (χ4v) is 1.95. The first-order valence-electron chi connectivity index (χ1n) is 7.40. The number of hydrogen-bond acceptors (Lipinski definition) is 5. The van der Waals surface area contributed by atoms with E-state index in [1.807, 2.05) is 4.98 Å². The minimum atomic E-state index is -0.789. The summed E-state index contributed by atoms with van der Waals surface area (Å²) in [4.78, 5) is 47.5. The van der Waals surface area contributed by atoms with E-state index < -0.39 is 36.3 Å². The van der Waals surface area contributed by atoms with Crippen LogP contribution in [-0.4, -0.2) is 34.6 Å². The molecule has 1 aromatic heterocycles. The maximum atomic E-state index is 12.8. The van der Waals surface area contributed by atoms with Gasteiger partial charge in [0.1, 0.15) is 12.4 Å². The number of benzene rings is 1. The van der Waals surface area contributed by atoms with Crippen molar-refractivity contribution < 1.29 is 18.7 Å². The summed E-state index contributed by atoms with van der Waals surface area (Å²) in [6.45, 7) is -0.597. The number of nitrogens with zero attached hydrogens (tertiary/aromatic N) is 1. The number of nitrogens with one attached hydrogen (secondary N) is 2. The molecular formula is C16H16FN3O5. The molecular weight excluding hydrogens is 333 g/mol. The second kappa shape index (κ2) is 8.57. The highest BCUT2D eigenvalue weighted by Gasteiger charge is 2.09. The Morgan fingerprint density at radius 2 is 1.88 bits per heavy atom. The van der Waals surface area contributed by atoms with Crippen LogP contribution in [0.15, 0.2) is 46.1 Å². The first-order valence-corrected chi connectivity index (χ1v) is 7.40. The molecule has 0 saturated heterocycles. The number of H-pyrrole nitrogens is 1. The molecule has 8 nitrogen and oxygen atoms in total. The maximum absolute atomic E-state index is 12.8. The normalized spacial score (nSPS) is 10.3. The molecule has 2 aromatic rings. The van der Waals surface area contributed by atoms with Crippen molar-refractivity contribution in [2.24, 2.45) is 0 Å². The van der Waals surface area contributed by atoms with E-state index in [1.54, 1.807) is 12.1 Å². The molecule has 0 atom stereocenters. The Kier molecular flexibility index (Phi) is 6.21. The monoisotopic (exact) mass is 349 g/mol. The van der Waals surface area contributed by atoms with Gasteiger partial charge < -0.3 is 10.1 Å². The zero-order valence-electron chi connectivity index (χ0n) is 13.2. The second-order valence-corrected chi connectivity index (χ2v) is 5.13. The highest BCUT2D eigenvalue weighted by atomic mass is 19.1. The van der Waals surface area contributed by atoms with Gasteiger partial charge in [-0.05, 0) is 24.1 Å². The fourth-order valence-electron chi connectivity index (χ4n) is 1.95. The van der Waals surface area contributed by atoms with Crippen molar-refractivity contribution in [2.45, 2.75) is 13.0 Å². The molecule has 1 heterocycles. The van der Waals surface area contributed by atoms with Gasteiger partial charge in [0.05, 0.1) is 0 Å². The number of carbonyl (C=O) groups excluding carboxylic acids is 2. The highest BCUT2D eigenvalue weighted by Crippen LogP contribution is 2.02. The number of hydrogen-bond donors (Lipinski definition) is 2. The fraction of sp³-hybridized carbons (Fsp3) is 0.250. The van der Waals surface area contributed by atoms with Crippen LogP contribution in [0.5, 0.6) is 0 Å². The van der Waals surface area contributed by atoms with Crippen molar-refractivity contribution in [1.29, 1.82) is 0 Å². The van der Waals surface area contributed by atoms with E-state index in [-0.39, 0.29) is 5.82 Å². The smallest absolute Gasteiger partial charge is 0.328 e. The molecule has 132 valence electrons. The van der Waals surface area contributed by atoms with Crippen LogP contribution < -0.4 is 16.6 Å². The van der Waals surface area contributed by atoms with Crippen LogP contribution in [0.2, 0.25) is 0 Å². The van der Waals surface area contributed by atoms with Gasteiger partial charge in [-0.25, -0.2) is 9.18 Å². The van der Waals surface area contributed by atoms with Gasteiger partial charge in [0, 0.05) is 18.8 Å². The molecule has 0 bridgehead atoms. The summed E-state index contributed by atoms with van der Waals surface area (Å²) in [5.41, 5.74) is -0.459. The first-order chi connectivity index (χ1) is 11.9. The predicted molar refractivity (Wildman–Crippen MR) is 85.4 cm³/mol. The molecule has 0 aliphatic rings. The van der Waals surface area contributed by atoms with Gasteiger partial charge in [0.2, 0.25) is 0 Å². The summed E-state index contributed by atoms with van der Waals surface area (Å²) in [5.74, 6) is -1.62. The van der Waals surface area contributed by atoms with Gasteiger partial charge in [-0.15, -0.1) is 0 Å².